The predicted molar refractivity (Wildman–Crippen MR) is 66.2 cm³/mol. The normalized spacial score (nSPS) is 24.0. The summed E-state index contributed by atoms with van der Waals surface area (Å²) in [4.78, 5) is 0. The van der Waals surface area contributed by atoms with Crippen molar-refractivity contribution >= 4 is 9.52 Å². The van der Waals surface area contributed by atoms with Crippen molar-refractivity contribution in [2.75, 3.05) is 0 Å². The van der Waals surface area contributed by atoms with Gasteiger partial charge in [-0.2, -0.15) is 0 Å². The van der Waals surface area contributed by atoms with Crippen LogP contribution in [0.1, 0.15) is 70.6 Å². The molecule has 1 rings (SSSR count). The SMILES string of the molecule is C1CCCCCC[Si]CCCCCC1. The standard InChI is InChI=1S/C13H26Si/c1-2-4-6-8-10-12-14-13-11-9-7-5-3-1/h1-13H2. The Kier molecular flexibility index (Phi) is 8.57. The van der Waals surface area contributed by atoms with Crippen LogP contribution in [0.5, 0.6) is 0 Å². The minimum absolute atomic E-state index is 1.27. The van der Waals surface area contributed by atoms with Gasteiger partial charge in [0.15, 0.2) is 0 Å². The van der Waals surface area contributed by atoms with E-state index in [1.54, 1.807) is 0 Å². The summed E-state index contributed by atoms with van der Waals surface area (Å²) in [7, 11) is 1.27. The third-order valence-electron chi connectivity index (χ3n) is 3.21. The summed E-state index contributed by atoms with van der Waals surface area (Å²) in [5.74, 6) is 0. The van der Waals surface area contributed by atoms with Crippen LogP contribution >= 0.6 is 0 Å². The van der Waals surface area contributed by atoms with Gasteiger partial charge in [0.2, 0.25) is 0 Å². The first-order chi connectivity index (χ1) is 7.00. The maximum atomic E-state index is 1.53. The molecule has 14 heavy (non-hydrogen) atoms. The van der Waals surface area contributed by atoms with E-state index in [2.05, 4.69) is 0 Å². The van der Waals surface area contributed by atoms with E-state index in [0.717, 1.165) is 0 Å². The molecule has 1 aliphatic heterocycles. The van der Waals surface area contributed by atoms with E-state index in [1.807, 2.05) is 0 Å². The molecule has 0 bridgehead atoms. The van der Waals surface area contributed by atoms with Crippen molar-refractivity contribution in [1.82, 2.24) is 0 Å². The second-order valence-corrected chi connectivity index (χ2v) is 6.14. The molecule has 0 aromatic carbocycles. The van der Waals surface area contributed by atoms with Gasteiger partial charge < -0.3 is 0 Å². The summed E-state index contributed by atoms with van der Waals surface area (Å²) >= 11 is 0. The molecule has 1 heterocycles. The fourth-order valence-electron chi connectivity index (χ4n) is 2.22. The minimum Gasteiger partial charge on any atom is -0.0612 e. The minimum atomic E-state index is 1.27. The van der Waals surface area contributed by atoms with Crippen LogP contribution in [0.25, 0.3) is 0 Å². The Labute approximate surface area is 92.7 Å². The van der Waals surface area contributed by atoms with E-state index in [1.165, 1.54) is 92.2 Å². The molecule has 82 valence electrons. The molecule has 0 aliphatic carbocycles. The van der Waals surface area contributed by atoms with Gasteiger partial charge in [0.25, 0.3) is 0 Å². The first kappa shape index (κ1) is 12.3. The quantitative estimate of drug-likeness (QED) is 0.502. The van der Waals surface area contributed by atoms with E-state index in [0.29, 0.717) is 0 Å². The Hall–Kier alpha value is 0.217. The maximum absolute atomic E-state index is 1.53. The molecule has 1 heteroatoms. The van der Waals surface area contributed by atoms with Gasteiger partial charge in [-0.3, -0.25) is 0 Å². The van der Waals surface area contributed by atoms with Crippen molar-refractivity contribution in [2.45, 2.75) is 82.7 Å². The second-order valence-electron chi connectivity index (χ2n) is 4.64. The summed E-state index contributed by atoms with van der Waals surface area (Å²) in [5, 5.41) is 0. The third-order valence-corrected chi connectivity index (χ3v) is 4.62. The summed E-state index contributed by atoms with van der Waals surface area (Å²) in [6, 6.07) is 3.06. The lowest BCUT2D eigenvalue weighted by Crippen LogP contribution is -1.91. The first-order valence-corrected chi connectivity index (χ1v) is 8.12. The summed E-state index contributed by atoms with van der Waals surface area (Å²) in [6.07, 6.45) is 16.6. The third kappa shape index (κ3) is 7.60. The van der Waals surface area contributed by atoms with Crippen molar-refractivity contribution in [1.29, 1.82) is 0 Å². The molecule has 0 N–H and O–H groups in total. The Bertz CT molecular complexity index is 58.5. The monoisotopic (exact) mass is 210 g/mol. The highest BCUT2D eigenvalue weighted by atomic mass is 28.2. The van der Waals surface area contributed by atoms with Gasteiger partial charge >= 0.3 is 0 Å². The molecule has 0 unspecified atom stereocenters. The van der Waals surface area contributed by atoms with E-state index in [-0.39, 0.29) is 0 Å². The van der Waals surface area contributed by atoms with Gasteiger partial charge in [0.1, 0.15) is 0 Å². The average Bonchev–Trinajstić information content (AvgIpc) is 2.22. The molecule has 1 aliphatic rings. The Morgan fingerprint density at radius 2 is 0.643 bits per heavy atom. The van der Waals surface area contributed by atoms with Gasteiger partial charge in [-0.15, -0.1) is 0 Å². The highest BCUT2D eigenvalue weighted by molar-refractivity contribution is 6.35. The molecule has 0 nitrogen and oxygen atoms in total. The number of rotatable bonds is 0. The maximum Gasteiger partial charge on any atom is 0.0378 e. The topological polar surface area (TPSA) is 0 Å². The van der Waals surface area contributed by atoms with Crippen molar-refractivity contribution in [3.63, 3.8) is 0 Å². The average molecular weight is 210 g/mol. The largest absolute Gasteiger partial charge is 0.0612 e. The fraction of sp³-hybridized carbons (Fsp3) is 1.00. The molecular weight excluding hydrogens is 184 g/mol. The van der Waals surface area contributed by atoms with E-state index < -0.39 is 0 Å². The zero-order valence-corrected chi connectivity index (χ0v) is 10.7. The summed E-state index contributed by atoms with van der Waals surface area (Å²) in [5.41, 5.74) is 0. The summed E-state index contributed by atoms with van der Waals surface area (Å²) in [6.45, 7) is 0. The lowest BCUT2D eigenvalue weighted by atomic mass is 10.1. The van der Waals surface area contributed by atoms with Crippen LogP contribution in [-0.4, -0.2) is 9.52 Å². The van der Waals surface area contributed by atoms with Crippen molar-refractivity contribution in [3.8, 4) is 0 Å². The molecule has 2 radical (unpaired) electrons. The van der Waals surface area contributed by atoms with Gasteiger partial charge in [-0.25, -0.2) is 0 Å². The van der Waals surface area contributed by atoms with Crippen LogP contribution in [0.3, 0.4) is 0 Å². The summed E-state index contributed by atoms with van der Waals surface area (Å²) < 4.78 is 0. The van der Waals surface area contributed by atoms with Crippen LogP contribution in [-0.2, 0) is 0 Å². The van der Waals surface area contributed by atoms with Crippen LogP contribution in [0.15, 0.2) is 0 Å². The molecule has 0 amide bonds. The van der Waals surface area contributed by atoms with E-state index >= 15 is 0 Å². The zero-order valence-electron chi connectivity index (χ0n) is 9.69. The fourth-order valence-corrected chi connectivity index (χ4v) is 3.47. The highest BCUT2D eigenvalue weighted by Crippen LogP contribution is 2.14. The van der Waals surface area contributed by atoms with Crippen molar-refractivity contribution in [2.24, 2.45) is 0 Å². The number of hydrogen-bond acceptors (Lipinski definition) is 0. The Morgan fingerprint density at radius 1 is 0.357 bits per heavy atom. The van der Waals surface area contributed by atoms with Crippen LogP contribution in [0.2, 0.25) is 12.1 Å². The molecule has 0 atom stereocenters. The predicted octanol–water partition coefficient (Wildman–Crippen LogP) is 4.83. The van der Waals surface area contributed by atoms with Gasteiger partial charge in [0, 0.05) is 9.52 Å². The van der Waals surface area contributed by atoms with Gasteiger partial charge in [-0.1, -0.05) is 82.7 Å². The molecular formula is C13H26Si. The van der Waals surface area contributed by atoms with Crippen LogP contribution in [0.4, 0.5) is 0 Å². The van der Waals surface area contributed by atoms with Gasteiger partial charge in [0.05, 0.1) is 0 Å². The molecule has 0 aromatic rings. The molecule has 0 spiro atoms. The molecule has 0 aromatic heterocycles. The molecule has 1 fully saturated rings. The lowest BCUT2D eigenvalue weighted by Gasteiger charge is -2.05. The van der Waals surface area contributed by atoms with Crippen molar-refractivity contribution < 1.29 is 0 Å². The van der Waals surface area contributed by atoms with Crippen LogP contribution < -0.4 is 0 Å². The second kappa shape index (κ2) is 9.76. The van der Waals surface area contributed by atoms with Crippen LogP contribution in [0, 0.1) is 0 Å². The lowest BCUT2D eigenvalue weighted by molar-refractivity contribution is 0.551. The zero-order chi connectivity index (χ0) is 9.90. The van der Waals surface area contributed by atoms with Crippen molar-refractivity contribution in [3.05, 3.63) is 0 Å². The highest BCUT2D eigenvalue weighted by Gasteiger charge is 1.96. The molecule has 0 saturated carbocycles. The first-order valence-electron chi connectivity index (χ1n) is 6.71. The van der Waals surface area contributed by atoms with E-state index in [4.69, 9.17) is 0 Å². The molecule has 1 saturated heterocycles. The van der Waals surface area contributed by atoms with Gasteiger partial charge in [-0.05, 0) is 0 Å². The van der Waals surface area contributed by atoms with E-state index in [9.17, 15) is 0 Å². The Balaban J connectivity index is 2.00. The smallest absolute Gasteiger partial charge is 0.0378 e. The number of hydrogen-bond donors (Lipinski definition) is 0. The Morgan fingerprint density at radius 3 is 1.00 bits per heavy atom.